The van der Waals surface area contributed by atoms with E-state index in [-0.39, 0.29) is 5.91 Å². The SMILES string of the molecule is Cn1cccc1C(=O)N1CCC(c2n[nH]c3c2CN(Cc2ccccc2)CC3)C1. The molecule has 0 radical (unpaired) electrons. The Morgan fingerprint density at radius 3 is 2.83 bits per heavy atom. The summed E-state index contributed by atoms with van der Waals surface area (Å²) >= 11 is 0. The Balaban J connectivity index is 1.29. The number of likely N-dealkylation sites (tertiary alicyclic amines) is 1. The Morgan fingerprint density at radius 2 is 2.03 bits per heavy atom. The van der Waals surface area contributed by atoms with Gasteiger partial charge in [0.1, 0.15) is 5.69 Å². The Hall–Kier alpha value is -2.86. The number of carbonyl (C=O) groups excluding carboxylic acids is 1. The molecule has 2 aromatic heterocycles. The highest BCUT2D eigenvalue weighted by molar-refractivity contribution is 5.93. The third kappa shape index (κ3) is 3.49. The van der Waals surface area contributed by atoms with E-state index in [0.29, 0.717) is 5.92 Å². The van der Waals surface area contributed by atoms with Crippen LogP contribution < -0.4 is 0 Å². The fraction of sp³-hybridized carbons (Fsp3) is 0.391. The zero-order valence-electron chi connectivity index (χ0n) is 16.8. The molecule has 1 aromatic carbocycles. The van der Waals surface area contributed by atoms with E-state index in [9.17, 15) is 4.79 Å². The van der Waals surface area contributed by atoms with E-state index in [1.807, 2.05) is 34.8 Å². The molecule has 5 rings (SSSR count). The van der Waals surface area contributed by atoms with Crippen LogP contribution in [-0.4, -0.2) is 50.1 Å². The average molecular weight is 390 g/mol. The first-order chi connectivity index (χ1) is 14.2. The summed E-state index contributed by atoms with van der Waals surface area (Å²) in [6.45, 7) is 4.49. The summed E-state index contributed by atoms with van der Waals surface area (Å²) < 4.78 is 1.90. The minimum atomic E-state index is 0.120. The number of hydrogen-bond acceptors (Lipinski definition) is 3. The molecule has 2 aliphatic heterocycles. The maximum Gasteiger partial charge on any atom is 0.270 e. The number of aromatic amines is 1. The van der Waals surface area contributed by atoms with Gasteiger partial charge in [-0.3, -0.25) is 14.8 Å². The molecular formula is C23H27N5O. The van der Waals surface area contributed by atoms with Crippen molar-refractivity contribution >= 4 is 5.91 Å². The van der Waals surface area contributed by atoms with Crippen LogP contribution >= 0.6 is 0 Å². The lowest BCUT2D eigenvalue weighted by Crippen LogP contribution is -2.31. The van der Waals surface area contributed by atoms with Crippen LogP contribution in [0.4, 0.5) is 0 Å². The van der Waals surface area contributed by atoms with E-state index in [0.717, 1.165) is 51.3 Å². The number of rotatable bonds is 4. The van der Waals surface area contributed by atoms with Gasteiger partial charge in [-0.25, -0.2) is 0 Å². The van der Waals surface area contributed by atoms with Gasteiger partial charge in [0.2, 0.25) is 0 Å². The van der Waals surface area contributed by atoms with E-state index in [1.165, 1.54) is 22.5 Å². The first kappa shape index (κ1) is 18.2. The highest BCUT2D eigenvalue weighted by Crippen LogP contribution is 2.33. The fourth-order valence-corrected chi connectivity index (χ4v) is 4.70. The molecule has 4 heterocycles. The lowest BCUT2D eigenvalue weighted by atomic mass is 9.96. The van der Waals surface area contributed by atoms with Gasteiger partial charge in [-0.1, -0.05) is 30.3 Å². The molecule has 1 atom stereocenters. The molecule has 6 nitrogen and oxygen atoms in total. The molecule has 0 spiro atoms. The highest BCUT2D eigenvalue weighted by Gasteiger charge is 2.33. The Bertz CT molecular complexity index is 1010. The van der Waals surface area contributed by atoms with E-state index >= 15 is 0 Å². The zero-order valence-corrected chi connectivity index (χ0v) is 16.8. The predicted molar refractivity (Wildman–Crippen MR) is 112 cm³/mol. The number of fused-ring (bicyclic) bond motifs is 1. The standard InChI is InChI=1S/C23H27N5O/c1-26-11-5-8-21(26)23(29)28-13-9-18(15-28)22-19-16-27(12-10-20(19)24-25-22)14-17-6-3-2-4-7-17/h2-8,11,18H,9-10,12-16H2,1H3,(H,24,25). The summed E-state index contributed by atoms with van der Waals surface area (Å²) in [6.07, 6.45) is 3.91. The Labute approximate surface area is 171 Å². The topological polar surface area (TPSA) is 57.2 Å². The minimum Gasteiger partial charge on any atom is -0.347 e. The number of nitrogens with one attached hydrogen (secondary N) is 1. The van der Waals surface area contributed by atoms with Gasteiger partial charge in [-0.05, 0) is 24.1 Å². The summed E-state index contributed by atoms with van der Waals surface area (Å²) in [5, 5.41) is 7.98. The number of benzene rings is 1. The van der Waals surface area contributed by atoms with Crippen molar-refractivity contribution in [1.82, 2.24) is 24.6 Å². The van der Waals surface area contributed by atoms with Crippen molar-refractivity contribution in [3.63, 3.8) is 0 Å². The second-order valence-electron chi connectivity index (χ2n) is 8.25. The molecule has 150 valence electrons. The second kappa shape index (κ2) is 7.52. The number of carbonyl (C=O) groups is 1. The molecule has 1 unspecified atom stereocenters. The number of nitrogens with zero attached hydrogens (tertiary/aromatic N) is 4. The predicted octanol–water partition coefficient (Wildman–Crippen LogP) is 2.94. The first-order valence-electron chi connectivity index (χ1n) is 10.4. The van der Waals surface area contributed by atoms with Crippen LogP contribution in [0.3, 0.4) is 0 Å². The molecule has 1 fully saturated rings. The number of H-pyrrole nitrogens is 1. The minimum absolute atomic E-state index is 0.120. The van der Waals surface area contributed by atoms with Crippen molar-refractivity contribution in [3.8, 4) is 0 Å². The van der Waals surface area contributed by atoms with E-state index in [2.05, 4.69) is 40.3 Å². The summed E-state index contributed by atoms with van der Waals surface area (Å²) in [4.78, 5) is 17.3. The third-order valence-electron chi connectivity index (χ3n) is 6.32. The van der Waals surface area contributed by atoms with Crippen LogP contribution in [0.15, 0.2) is 48.7 Å². The van der Waals surface area contributed by atoms with Crippen LogP contribution in [0.25, 0.3) is 0 Å². The lowest BCUT2D eigenvalue weighted by molar-refractivity contribution is 0.0781. The summed E-state index contributed by atoms with van der Waals surface area (Å²) in [7, 11) is 1.92. The van der Waals surface area contributed by atoms with Gasteiger partial charge in [-0.2, -0.15) is 5.10 Å². The van der Waals surface area contributed by atoms with Gasteiger partial charge < -0.3 is 9.47 Å². The van der Waals surface area contributed by atoms with Gasteiger partial charge in [0.25, 0.3) is 5.91 Å². The van der Waals surface area contributed by atoms with Crippen molar-refractivity contribution in [1.29, 1.82) is 0 Å². The second-order valence-corrected chi connectivity index (χ2v) is 8.25. The van der Waals surface area contributed by atoms with Gasteiger partial charge in [-0.15, -0.1) is 0 Å². The molecule has 2 aliphatic rings. The van der Waals surface area contributed by atoms with Crippen molar-refractivity contribution in [2.75, 3.05) is 19.6 Å². The van der Waals surface area contributed by atoms with Gasteiger partial charge in [0, 0.05) is 69.6 Å². The zero-order chi connectivity index (χ0) is 19.8. The third-order valence-corrected chi connectivity index (χ3v) is 6.32. The molecule has 0 bridgehead atoms. The summed E-state index contributed by atoms with van der Waals surface area (Å²) in [5.74, 6) is 0.436. The summed E-state index contributed by atoms with van der Waals surface area (Å²) in [6, 6.07) is 14.5. The van der Waals surface area contributed by atoms with Crippen LogP contribution in [0.1, 0.15) is 45.3 Å². The molecule has 6 heteroatoms. The fourth-order valence-electron chi connectivity index (χ4n) is 4.70. The Morgan fingerprint density at radius 1 is 1.17 bits per heavy atom. The van der Waals surface area contributed by atoms with Gasteiger partial charge >= 0.3 is 0 Å². The van der Waals surface area contributed by atoms with Crippen LogP contribution in [-0.2, 0) is 26.6 Å². The molecule has 3 aromatic rings. The molecule has 1 saturated heterocycles. The number of hydrogen-bond donors (Lipinski definition) is 1. The quantitative estimate of drug-likeness (QED) is 0.746. The smallest absolute Gasteiger partial charge is 0.270 e. The lowest BCUT2D eigenvalue weighted by Gasteiger charge is -2.27. The molecule has 0 aliphatic carbocycles. The monoisotopic (exact) mass is 389 g/mol. The maximum atomic E-state index is 12.9. The normalized spacial score (nSPS) is 19.5. The van der Waals surface area contributed by atoms with E-state index in [1.54, 1.807) is 0 Å². The molecular weight excluding hydrogens is 362 g/mol. The number of aryl methyl sites for hydroxylation is 1. The van der Waals surface area contributed by atoms with E-state index in [4.69, 9.17) is 5.10 Å². The van der Waals surface area contributed by atoms with Gasteiger partial charge in [0.15, 0.2) is 0 Å². The average Bonchev–Trinajstić information content (AvgIpc) is 3.47. The number of amides is 1. The summed E-state index contributed by atoms with van der Waals surface area (Å²) in [5.41, 5.74) is 5.90. The van der Waals surface area contributed by atoms with Crippen molar-refractivity contribution in [2.24, 2.45) is 7.05 Å². The molecule has 29 heavy (non-hydrogen) atoms. The highest BCUT2D eigenvalue weighted by atomic mass is 16.2. The molecule has 1 amide bonds. The van der Waals surface area contributed by atoms with E-state index < -0.39 is 0 Å². The molecule has 1 N–H and O–H groups in total. The van der Waals surface area contributed by atoms with Crippen molar-refractivity contribution in [2.45, 2.75) is 31.8 Å². The maximum absolute atomic E-state index is 12.9. The Kier molecular flexibility index (Phi) is 4.72. The van der Waals surface area contributed by atoms with Crippen molar-refractivity contribution < 1.29 is 4.79 Å². The first-order valence-corrected chi connectivity index (χ1v) is 10.4. The molecule has 0 saturated carbocycles. The number of aromatic nitrogens is 3. The van der Waals surface area contributed by atoms with Crippen LogP contribution in [0.2, 0.25) is 0 Å². The van der Waals surface area contributed by atoms with Crippen LogP contribution in [0.5, 0.6) is 0 Å². The van der Waals surface area contributed by atoms with Crippen LogP contribution in [0, 0.1) is 0 Å². The van der Waals surface area contributed by atoms with Gasteiger partial charge in [0.05, 0.1) is 5.69 Å². The largest absolute Gasteiger partial charge is 0.347 e. The van der Waals surface area contributed by atoms with Crippen molar-refractivity contribution in [3.05, 3.63) is 76.9 Å².